The first-order valence-electron chi connectivity index (χ1n) is 12.3. The number of amides is 1. The van der Waals surface area contributed by atoms with Crippen molar-refractivity contribution in [2.24, 2.45) is 19.5 Å². The van der Waals surface area contributed by atoms with Crippen LogP contribution in [0, 0.1) is 5.41 Å². The summed E-state index contributed by atoms with van der Waals surface area (Å²) < 4.78 is 5.07. The normalized spacial score (nSPS) is 14.6. The summed E-state index contributed by atoms with van der Waals surface area (Å²) >= 11 is 0. The van der Waals surface area contributed by atoms with E-state index in [0.29, 0.717) is 31.0 Å². The first-order valence-corrected chi connectivity index (χ1v) is 12.3. The second-order valence-corrected chi connectivity index (χ2v) is 10.7. The van der Waals surface area contributed by atoms with E-state index in [4.69, 9.17) is 4.98 Å². The lowest BCUT2D eigenvalue weighted by Gasteiger charge is -2.36. The zero-order valence-electron chi connectivity index (χ0n) is 21.6. The highest BCUT2D eigenvalue weighted by atomic mass is 16.2. The Morgan fingerprint density at radius 3 is 2.42 bits per heavy atom. The minimum atomic E-state index is -0.0446. The highest BCUT2D eigenvalue weighted by Gasteiger charge is 2.24. The number of hydrogen-bond donors (Lipinski definition) is 0. The number of carbonyl (C=O) groups excluding carboxylic acids is 1. The number of aromatic nitrogens is 5. The van der Waals surface area contributed by atoms with Gasteiger partial charge in [-0.05, 0) is 35.7 Å². The van der Waals surface area contributed by atoms with Crippen molar-refractivity contribution in [3.05, 3.63) is 64.8 Å². The van der Waals surface area contributed by atoms with Crippen molar-refractivity contribution in [3.8, 4) is 11.3 Å². The van der Waals surface area contributed by atoms with Gasteiger partial charge in [-0.3, -0.25) is 18.6 Å². The van der Waals surface area contributed by atoms with Crippen LogP contribution in [0.2, 0.25) is 0 Å². The third-order valence-electron chi connectivity index (χ3n) is 6.73. The Balaban J connectivity index is 1.36. The van der Waals surface area contributed by atoms with Gasteiger partial charge in [0.05, 0.1) is 11.2 Å². The Labute approximate surface area is 210 Å². The van der Waals surface area contributed by atoms with Crippen molar-refractivity contribution < 1.29 is 4.79 Å². The molecule has 0 atom stereocenters. The molecule has 0 unspecified atom stereocenters. The molecule has 5 rings (SSSR count). The molecule has 1 amide bonds. The minimum absolute atomic E-state index is 0.0164. The van der Waals surface area contributed by atoms with Crippen molar-refractivity contribution in [2.75, 3.05) is 31.1 Å². The molecule has 188 valence electrons. The van der Waals surface area contributed by atoms with Gasteiger partial charge in [0, 0.05) is 64.3 Å². The number of anilines is 1. The van der Waals surface area contributed by atoms with Crippen LogP contribution in [-0.4, -0.2) is 60.9 Å². The lowest BCUT2D eigenvalue weighted by Crippen LogP contribution is -2.49. The molecule has 9 heteroatoms. The lowest BCUT2D eigenvalue weighted by molar-refractivity contribution is 0.0735. The molecule has 9 nitrogen and oxygen atoms in total. The van der Waals surface area contributed by atoms with Crippen LogP contribution >= 0.6 is 0 Å². The number of fused-ring (bicyclic) bond motifs is 1. The van der Waals surface area contributed by atoms with Crippen molar-refractivity contribution in [1.82, 2.24) is 28.8 Å². The van der Waals surface area contributed by atoms with Gasteiger partial charge in [0.15, 0.2) is 5.65 Å². The van der Waals surface area contributed by atoms with Crippen molar-refractivity contribution in [1.29, 1.82) is 0 Å². The summed E-state index contributed by atoms with van der Waals surface area (Å²) in [5.74, 6) is 0.0184. The first-order chi connectivity index (χ1) is 17.1. The van der Waals surface area contributed by atoms with Crippen molar-refractivity contribution in [2.45, 2.75) is 27.3 Å². The van der Waals surface area contributed by atoms with Crippen LogP contribution in [0.3, 0.4) is 0 Å². The van der Waals surface area contributed by atoms with Crippen LogP contribution in [-0.2, 0) is 20.6 Å². The van der Waals surface area contributed by atoms with E-state index >= 15 is 0 Å². The van der Waals surface area contributed by atoms with Gasteiger partial charge in [0.25, 0.3) is 5.91 Å². The minimum Gasteiger partial charge on any atom is -0.368 e. The summed E-state index contributed by atoms with van der Waals surface area (Å²) in [6, 6.07) is 14.1. The number of rotatable bonds is 4. The number of nitrogens with zero attached hydrogens (tertiary/aromatic N) is 7. The monoisotopic (exact) mass is 487 g/mol. The average Bonchev–Trinajstić information content (AvgIpc) is 3.39. The number of aryl methyl sites for hydroxylation is 2. The summed E-state index contributed by atoms with van der Waals surface area (Å²) in [6.07, 6.45) is 1.65. The van der Waals surface area contributed by atoms with E-state index < -0.39 is 0 Å². The van der Waals surface area contributed by atoms with Gasteiger partial charge < -0.3 is 9.80 Å². The number of carbonyl (C=O) groups is 1. The zero-order valence-corrected chi connectivity index (χ0v) is 21.6. The molecule has 4 aromatic rings. The molecule has 3 aromatic heterocycles. The van der Waals surface area contributed by atoms with Crippen LogP contribution in [0.25, 0.3) is 22.4 Å². The SMILES string of the molecule is Cn1nccc1C(=O)N1CCN(c2cccc(-c3ccc4c(n3)n(C)c(=O)n4CC(C)(C)C)c2)CC1. The lowest BCUT2D eigenvalue weighted by atomic mass is 9.97. The predicted octanol–water partition coefficient (Wildman–Crippen LogP) is 3.14. The number of hydrogen-bond acceptors (Lipinski definition) is 5. The summed E-state index contributed by atoms with van der Waals surface area (Å²) in [7, 11) is 3.57. The van der Waals surface area contributed by atoms with E-state index in [2.05, 4.69) is 42.9 Å². The van der Waals surface area contributed by atoms with E-state index in [1.165, 1.54) is 0 Å². The number of piperazine rings is 1. The molecule has 4 heterocycles. The molecular formula is C27H33N7O2. The zero-order chi connectivity index (χ0) is 25.6. The highest BCUT2D eigenvalue weighted by molar-refractivity contribution is 5.92. The Morgan fingerprint density at radius 2 is 1.75 bits per heavy atom. The van der Waals surface area contributed by atoms with E-state index in [1.807, 2.05) is 33.7 Å². The van der Waals surface area contributed by atoms with Gasteiger partial charge in [-0.25, -0.2) is 9.78 Å². The summed E-state index contributed by atoms with van der Waals surface area (Å²) in [6.45, 7) is 9.83. The summed E-state index contributed by atoms with van der Waals surface area (Å²) in [5.41, 5.74) is 5.02. The number of imidazole rings is 1. The molecule has 36 heavy (non-hydrogen) atoms. The summed E-state index contributed by atoms with van der Waals surface area (Å²) in [5, 5.41) is 4.11. The topological polar surface area (TPSA) is 81.2 Å². The van der Waals surface area contributed by atoms with Crippen molar-refractivity contribution in [3.63, 3.8) is 0 Å². The Kier molecular flexibility index (Phi) is 5.94. The van der Waals surface area contributed by atoms with E-state index in [9.17, 15) is 9.59 Å². The molecule has 0 bridgehead atoms. The van der Waals surface area contributed by atoms with Crippen LogP contribution < -0.4 is 10.6 Å². The number of pyridine rings is 1. The first kappa shape index (κ1) is 23.8. The molecule has 0 N–H and O–H groups in total. The fourth-order valence-corrected chi connectivity index (χ4v) is 4.84. The van der Waals surface area contributed by atoms with Gasteiger partial charge in [-0.1, -0.05) is 32.9 Å². The molecule has 1 aromatic carbocycles. The molecule has 1 saturated heterocycles. The van der Waals surface area contributed by atoms with Crippen molar-refractivity contribution >= 4 is 22.8 Å². The molecule has 0 spiro atoms. The van der Waals surface area contributed by atoms with Gasteiger partial charge >= 0.3 is 5.69 Å². The van der Waals surface area contributed by atoms with Gasteiger partial charge in [-0.15, -0.1) is 0 Å². The Bertz CT molecular complexity index is 1480. The number of benzene rings is 1. The van der Waals surface area contributed by atoms with Crippen LogP contribution in [0.1, 0.15) is 31.3 Å². The summed E-state index contributed by atoms with van der Waals surface area (Å²) in [4.78, 5) is 34.8. The Morgan fingerprint density at radius 1 is 1.00 bits per heavy atom. The maximum Gasteiger partial charge on any atom is 0.330 e. The van der Waals surface area contributed by atoms with Gasteiger partial charge in [0.1, 0.15) is 5.69 Å². The predicted molar refractivity (Wildman–Crippen MR) is 141 cm³/mol. The van der Waals surface area contributed by atoms with Crippen LogP contribution in [0.4, 0.5) is 5.69 Å². The molecule has 0 saturated carbocycles. The van der Waals surface area contributed by atoms with E-state index in [0.717, 1.165) is 35.6 Å². The maximum absolute atomic E-state index is 12.9. The largest absolute Gasteiger partial charge is 0.368 e. The molecule has 1 aliphatic rings. The fraction of sp³-hybridized carbons (Fsp3) is 0.407. The van der Waals surface area contributed by atoms with E-state index in [1.54, 1.807) is 35.6 Å². The molecule has 0 aliphatic carbocycles. The smallest absolute Gasteiger partial charge is 0.330 e. The second-order valence-electron chi connectivity index (χ2n) is 10.7. The van der Waals surface area contributed by atoms with Crippen LogP contribution in [0.5, 0.6) is 0 Å². The van der Waals surface area contributed by atoms with Gasteiger partial charge in [-0.2, -0.15) is 5.10 Å². The molecule has 1 fully saturated rings. The fourth-order valence-electron chi connectivity index (χ4n) is 4.84. The molecule has 1 aliphatic heterocycles. The molecular weight excluding hydrogens is 454 g/mol. The average molecular weight is 488 g/mol. The van der Waals surface area contributed by atoms with Crippen LogP contribution in [0.15, 0.2) is 53.5 Å². The standard InChI is InChI=1S/C27H33N7O2/c1-27(2,3)18-34-22-10-9-21(29-24(22)30(4)26(34)36)19-7-6-8-20(17-19)32-13-15-33(16-14-32)25(35)23-11-12-28-31(23)5/h6-12,17H,13-16,18H2,1-5H3. The molecule has 0 radical (unpaired) electrons. The third-order valence-corrected chi connectivity index (χ3v) is 6.73. The van der Waals surface area contributed by atoms with E-state index in [-0.39, 0.29) is 17.0 Å². The van der Waals surface area contributed by atoms with Gasteiger partial charge in [0.2, 0.25) is 0 Å². The quantitative estimate of drug-likeness (QED) is 0.442. The highest BCUT2D eigenvalue weighted by Crippen LogP contribution is 2.27. The second kappa shape index (κ2) is 8.96. The maximum atomic E-state index is 12.9. The third kappa shape index (κ3) is 4.41. The Hall–Kier alpha value is -3.88.